The van der Waals surface area contributed by atoms with Crippen molar-refractivity contribution < 1.29 is 27.0 Å². The molecule has 0 spiro atoms. The van der Waals surface area contributed by atoms with Crippen molar-refractivity contribution in [1.82, 2.24) is 0 Å². The molecule has 0 aromatic heterocycles. The summed E-state index contributed by atoms with van der Waals surface area (Å²) >= 11 is 3.03. The SMILES string of the molecule is Fc1ccc(OCc2ccc(OC(F)(F)F)cc2)cc1Br. The van der Waals surface area contributed by atoms with Crippen LogP contribution in [-0.2, 0) is 6.61 Å². The summed E-state index contributed by atoms with van der Waals surface area (Å²) in [6, 6.07) is 9.50. The van der Waals surface area contributed by atoms with E-state index in [2.05, 4.69) is 20.7 Å². The summed E-state index contributed by atoms with van der Waals surface area (Å²) in [7, 11) is 0. The van der Waals surface area contributed by atoms with E-state index in [9.17, 15) is 17.6 Å². The van der Waals surface area contributed by atoms with Gasteiger partial charge in [0.1, 0.15) is 23.9 Å². The fraction of sp³-hybridized carbons (Fsp3) is 0.143. The van der Waals surface area contributed by atoms with Crippen LogP contribution in [0.1, 0.15) is 5.56 Å². The van der Waals surface area contributed by atoms with Crippen molar-refractivity contribution >= 4 is 15.9 Å². The van der Waals surface area contributed by atoms with Gasteiger partial charge in [-0.3, -0.25) is 0 Å². The molecule has 7 heteroatoms. The summed E-state index contributed by atoms with van der Waals surface area (Å²) in [5.41, 5.74) is 0.657. The van der Waals surface area contributed by atoms with Gasteiger partial charge in [0.15, 0.2) is 0 Å². The van der Waals surface area contributed by atoms with E-state index in [0.29, 0.717) is 11.3 Å². The lowest BCUT2D eigenvalue weighted by atomic mass is 10.2. The first-order valence-corrected chi connectivity index (χ1v) is 6.55. The lowest BCUT2D eigenvalue weighted by molar-refractivity contribution is -0.274. The van der Waals surface area contributed by atoms with Gasteiger partial charge in [-0.2, -0.15) is 0 Å². The van der Waals surface area contributed by atoms with Crippen LogP contribution in [0.15, 0.2) is 46.9 Å². The minimum Gasteiger partial charge on any atom is -0.489 e. The molecule has 0 amide bonds. The Kier molecular flexibility index (Phi) is 4.72. The van der Waals surface area contributed by atoms with E-state index in [0.717, 1.165) is 0 Å². The molecular formula is C14H9BrF4O2. The van der Waals surface area contributed by atoms with Gasteiger partial charge in [-0.15, -0.1) is 13.2 Å². The number of hydrogen-bond acceptors (Lipinski definition) is 2. The Morgan fingerprint density at radius 2 is 1.57 bits per heavy atom. The molecule has 0 radical (unpaired) electrons. The Bertz CT molecular complexity index is 611. The third-order valence-corrected chi connectivity index (χ3v) is 3.06. The van der Waals surface area contributed by atoms with Crippen molar-refractivity contribution in [1.29, 1.82) is 0 Å². The van der Waals surface area contributed by atoms with Gasteiger partial charge >= 0.3 is 6.36 Å². The second-order valence-electron chi connectivity index (χ2n) is 4.06. The van der Waals surface area contributed by atoms with Crippen LogP contribution in [0.25, 0.3) is 0 Å². The Balaban J connectivity index is 1.96. The second kappa shape index (κ2) is 6.34. The normalized spacial score (nSPS) is 11.3. The maximum absolute atomic E-state index is 13.0. The molecule has 0 saturated carbocycles. The number of hydrogen-bond donors (Lipinski definition) is 0. The van der Waals surface area contributed by atoms with E-state index in [1.165, 1.54) is 42.5 Å². The maximum Gasteiger partial charge on any atom is 0.573 e. The van der Waals surface area contributed by atoms with Gasteiger partial charge in [-0.05, 0) is 51.8 Å². The Morgan fingerprint density at radius 3 is 2.14 bits per heavy atom. The number of alkyl halides is 3. The zero-order valence-corrected chi connectivity index (χ0v) is 12.0. The molecule has 21 heavy (non-hydrogen) atoms. The Morgan fingerprint density at radius 1 is 0.952 bits per heavy atom. The molecule has 2 aromatic rings. The van der Waals surface area contributed by atoms with Gasteiger partial charge in [-0.1, -0.05) is 12.1 Å². The first kappa shape index (κ1) is 15.6. The van der Waals surface area contributed by atoms with Crippen molar-refractivity contribution in [2.75, 3.05) is 0 Å². The molecule has 0 aliphatic carbocycles. The van der Waals surface area contributed by atoms with Crippen molar-refractivity contribution in [2.45, 2.75) is 13.0 Å². The second-order valence-corrected chi connectivity index (χ2v) is 4.91. The molecule has 0 fully saturated rings. The van der Waals surface area contributed by atoms with E-state index in [4.69, 9.17) is 4.74 Å². The van der Waals surface area contributed by atoms with Crippen LogP contribution < -0.4 is 9.47 Å². The molecule has 0 bridgehead atoms. The lowest BCUT2D eigenvalue weighted by Gasteiger charge is -2.10. The van der Waals surface area contributed by atoms with Gasteiger partial charge in [0.05, 0.1) is 4.47 Å². The standard InChI is InChI=1S/C14H9BrF4O2/c15-12-7-11(5-6-13(12)16)20-8-9-1-3-10(4-2-9)21-14(17,18)19/h1-7H,8H2. The molecule has 0 atom stereocenters. The van der Waals surface area contributed by atoms with Crippen LogP contribution in [0.5, 0.6) is 11.5 Å². The molecule has 0 saturated heterocycles. The highest BCUT2D eigenvalue weighted by atomic mass is 79.9. The van der Waals surface area contributed by atoms with Gasteiger partial charge < -0.3 is 9.47 Å². The van der Waals surface area contributed by atoms with Crippen molar-refractivity contribution in [3.8, 4) is 11.5 Å². The lowest BCUT2D eigenvalue weighted by Crippen LogP contribution is -2.17. The van der Waals surface area contributed by atoms with Gasteiger partial charge in [0.25, 0.3) is 0 Å². The van der Waals surface area contributed by atoms with Crippen LogP contribution in [-0.4, -0.2) is 6.36 Å². The molecule has 0 aliphatic heterocycles. The van der Waals surface area contributed by atoms with Gasteiger partial charge in [-0.25, -0.2) is 4.39 Å². The monoisotopic (exact) mass is 364 g/mol. The summed E-state index contributed by atoms with van der Waals surface area (Å²) in [5.74, 6) is -0.259. The van der Waals surface area contributed by atoms with Gasteiger partial charge in [0.2, 0.25) is 0 Å². The number of halogens is 5. The maximum atomic E-state index is 13.0. The van der Waals surface area contributed by atoms with E-state index in [1.54, 1.807) is 0 Å². The first-order valence-electron chi connectivity index (χ1n) is 5.76. The highest BCUT2D eigenvalue weighted by Crippen LogP contribution is 2.24. The van der Waals surface area contributed by atoms with E-state index in [-0.39, 0.29) is 16.8 Å². The third-order valence-electron chi connectivity index (χ3n) is 2.45. The van der Waals surface area contributed by atoms with Crippen LogP contribution in [0.2, 0.25) is 0 Å². The van der Waals surface area contributed by atoms with E-state index in [1.807, 2.05) is 0 Å². The Hall–Kier alpha value is -1.76. The molecule has 0 unspecified atom stereocenters. The smallest absolute Gasteiger partial charge is 0.489 e. The average molecular weight is 365 g/mol. The minimum atomic E-state index is -4.71. The third kappa shape index (κ3) is 4.93. The predicted molar refractivity (Wildman–Crippen MR) is 71.6 cm³/mol. The fourth-order valence-electron chi connectivity index (χ4n) is 1.52. The molecule has 0 heterocycles. The summed E-state index contributed by atoms with van der Waals surface area (Å²) in [4.78, 5) is 0. The van der Waals surface area contributed by atoms with Crippen LogP contribution >= 0.6 is 15.9 Å². The highest BCUT2D eigenvalue weighted by Gasteiger charge is 2.30. The Labute approximate surface area is 126 Å². The number of benzene rings is 2. The quantitative estimate of drug-likeness (QED) is 0.705. The molecule has 2 nitrogen and oxygen atoms in total. The largest absolute Gasteiger partial charge is 0.573 e. The molecule has 0 aliphatic rings. The molecule has 2 aromatic carbocycles. The highest BCUT2D eigenvalue weighted by molar-refractivity contribution is 9.10. The fourth-order valence-corrected chi connectivity index (χ4v) is 1.88. The van der Waals surface area contributed by atoms with E-state index < -0.39 is 12.2 Å². The summed E-state index contributed by atoms with van der Waals surface area (Å²) in [6.07, 6.45) is -4.71. The van der Waals surface area contributed by atoms with Gasteiger partial charge in [0, 0.05) is 0 Å². The topological polar surface area (TPSA) is 18.5 Å². The zero-order valence-electron chi connectivity index (χ0n) is 10.5. The molecule has 0 N–H and O–H groups in total. The van der Waals surface area contributed by atoms with Crippen molar-refractivity contribution in [3.05, 3.63) is 58.3 Å². The summed E-state index contributed by atoms with van der Waals surface area (Å²) in [6.45, 7) is 0.143. The van der Waals surface area contributed by atoms with E-state index >= 15 is 0 Å². The molecule has 2 rings (SSSR count). The van der Waals surface area contributed by atoms with Crippen molar-refractivity contribution in [3.63, 3.8) is 0 Å². The van der Waals surface area contributed by atoms with Crippen molar-refractivity contribution in [2.24, 2.45) is 0 Å². The molecular weight excluding hydrogens is 356 g/mol. The van der Waals surface area contributed by atoms with Crippen LogP contribution in [0.3, 0.4) is 0 Å². The summed E-state index contributed by atoms with van der Waals surface area (Å²) < 4.78 is 58.5. The predicted octanol–water partition coefficient (Wildman–Crippen LogP) is 5.07. The number of rotatable bonds is 4. The summed E-state index contributed by atoms with van der Waals surface area (Å²) in [5, 5.41) is 0. The zero-order chi connectivity index (χ0) is 15.5. The first-order chi connectivity index (χ1) is 9.83. The number of ether oxygens (including phenoxy) is 2. The van der Waals surface area contributed by atoms with Crippen LogP contribution in [0, 0.1) is 5.82 Å². The van der Waals surface area contributed by atoms with Crippen LogP contribution in [0.4, 0.5) is 17.6 Å². The molecule has 112 valence electrons. The minimum absolute atomic E-state index is 0.143. The average Bonchev–Trinajstić information content (AvgIpc) is 2.40.